The molecule has 12 nitrogen and oxygen atoms in total. The van der Waals surface area contributed by atoms with E-state index < -0.39 is 35.4 Å². The molecule has 4 atom stereocenters. The molecular weight excluding hydrogens is 562 g/mol. The van der Waals surface area contributed by atoms with E-state index in [1.54, 1.807) is 66.1 Å². The second-order valence-electron chi connectivity index (χ2n) is 11.8. The molecule has 0 radical (unpaired) electrons. The van der Waals surface area contributed by atoms with Crippen molar-refractivity contribution < 1.29 is 24.0 Å². The molecule has 2 rings (SSSR count). The number of guanidine groups is 1. The minimum Gasteiger partial charge on any atom is -0.359 e. The molecule has 1 aromatic rings. The first-order valence-electron chi connectivity index (χ1n) is 15.6. The molecule has 0 unspecified atom stereocenters. The molecule has 1 fully saturated rings. The number of rotatable bonds is 8. The SMILES string of the molecule is CC[C@@H]1NC(=O)[C@H](CCCNC(=NC)NC)CC(=O)[C@](C)(NC(=O)C(C)C)CCCCNC(=O)[C@@H](c2ccccc2)NC1=O. The van der Waals surface area contributed by atoms with Crippen LogP contribution < -0.4 is 31.9 Å². The molecule has 44 heavy (non-hydrogen) atoms. The molecule has 244 valence electrons. The number of aliphatic imine (C=N–C) groups is 1. The Morgan fingerprint density at radius 3 is 2.36 bits per heavy atom. The molecule has 1 heterocycles. The lowest BCUT2D eigenvalue weighted by atomic mass is 9.83. The van der Waals surface area contributed by atoms with Gasteiger partial charge in [0.15, 0.2) is 11.7 Å². The molecule has 1 aromatic carbocycles. The number of nitrogens with one attached hydrogen (secondary N) is 6. The molecule has 0 saturated carbocycles. The van der Waals surface area contributed by atoms with Gasteiger partial charge in [-0.2, -0.15) is 0 Å². The van der Waals surface area contributed by atoms with Crippen LogP contribution in [0.2, 0.25) is 0 Å². The highest BCUT2D eigenvalue weighted by Gasteiger charge is 2.38. The average Bonchev–Trinajstić information content (AvgIpc) is 3.01. The highest BCUT2D eigenvalue weighted by Crippen LogP contribution is 2.24. The van der Waals surface area contributed by atoms with Gasteiger partial charge < -0.3 is 31.9 Å². The molecule has 0 aliphatic carbocycles. The maximum Gasteiger partial charge on any atom is 0.247 e. The number of Topliss-reactive ketones (excluding diaryl/α,β-unsaturated/α-hetero) is 1. The van der Waals surface area contributed by atoms with E-state index in [4.69, 9.17) is 0 Å². The summed E-state index contributed by atoms with van der Waals surface area (Å²) in [6.07, 6.45) is 2.57. The Bertz CT molecular complexity index is 1160. The van der Waals surface area contributed by atoms with Crippen LogP contribution in [0.1, 0.15) is 84.2 Å². The summed E-state index contributed by atoms with van der Waals surface area (Å²) in [6, 6.07) is 7.09. The number of benzene rings is 1. The zero-order valence-electron chi connectivity index (χ0n) is 27.0. The summed E-state index contributed by atoms with van der Waals surface area (Å²) in [4.78, 5) is 71.1. The van der Waals surface area contributed by atoms with E-state index >= 15 is 0 Å². The molecular formula is C32H51N7O5. The molecule has 0 aromatic heterocycles. The van der Waals surface area contributed by atoms with Crippen molar-refractivity contribution in [3.05, 3.63) is 35.9 Å². The van der Waals surface area contributed by atoms with E-state index in [9.17, 15) is 24.0 Å². The van der Waals surface area contributed by atoms with Gasteiger partial charge in [0, 0.05) is 45.4 Å². The highest BCUT2D eigenvalue weighted by molar-refractivity contribution is 5.97. The van der Waals surface area contributed by atoms with Crippen LogP contribution in [0, 0.1) is 11.8 Å². The fourth-order valence-corrected chi connectivity index (χ4v) is 5.05. The summed E-state index contributed by atoms with van der Waals surface area (Å²) in [5, 5.41) is 17.6. The van der Waals surface area contributed by atoms with E-state index in [0.717, 1.165) is 0 Å². The van der Waals surface area contributed by atoms with Crippen LogP contribution in [0.4, 0.5) is 0 Å². The Morgan fingerprint density at radius 1 is 1.05 bits per heavy atom. The molecule has 4 amide bonds. The molecule has 12 heteroatoms. The van der Waals surface area contributed by atoms with Gasteiger partial charge in [-0.25, -0.2) is 0 Å². The Kier molecular flexibility index (Phi) is 14.8. The first kappa shape index (κ1) is 36.2. The topological polar surface area (TPSA) is 170 Å². The largest absolute Gasteiger partial charge is 0.359 e. The predicted octanol–water partition coefficient (Wildman–Crippen LogP) is 1.72. The van der Waals surface area contributed by atoms with Crippen molar-refractivity contribution in [3.63, 3.8) is 0 Å². The van der Waals surface area contributed by atoms with Gasteiger partial charge in [-0.15, -0.1) is 0 Å². The maximum atomic E-state index is 13.9. The Morgan fingerprint density at radius 2 is 1.75 bits per heavy atom. The summed E-state index contributed by atoms with van der Waals surface area (Å²) in [6.45, 7) is 7.84. The quantitative estimate of drug-likeness (QED) is 0.147. The first-order chi connectivity index (χ1) is 20.9. The number of hydrogen-bond donors (Lipinski definition) is 6. The van der Waals surface area contributed by atoms with Gasteiger partial charge in [0.25, 0.3) is 0 Å². The van der Waals surface area contributed by atoms with Gasteiger partial charge in [-0.1, -0.05) is 51.1 Å². The van der Waals surface area contributed by atoms with Gasteiger partial charge in [0.05, 0.1) is 5.54 Å². The summed E-state index contributed by atoms with van der Waals surface area (Å²) >= 11 is 0. The highest BCUT2D eigenvalue weighted by atomic mass is 16.2. The third-order valence-corrected chi connectivity index (χ3v) is 7.95. The number of carbonyl (C=O) groups is 5. The van der Waals surface area contributed by atoms with Crippen LogP contribution in [0.3, 0.4) is 0 Å². The average molecular weight is 614 g/mol. The van der Waals surface area contributed by atoms with Crippen LogP contribution in [-0.4, -0.2) is 74.1 Å². The van der Waals surface area contributed by atoms with Crippen molar-refractivity contribution in [1.82, 2.24) is 31.9 Å². The smallest absolute Gasteiger partial charge is 0.247 e. The van der Waals surface area contributed by atoms with Gasteiger partial charge in [0.2, 0.25) is 23.6 Å². The second-order valence-corrected chi connectivity index (χ2v) is 11.8. The van der Waals surface area contributed by atoms with Crippen LogP contribution in [0.5, 0.6) is 0 Å². The zero-order valence-corrected chi connectivity index (χ0v) is 27.0. The van der Waals surface area contributed by atoms with Crippen LogP contribution in [0.15, 0.2) is 35.3 Å². The molecule has 0 spiro atoms. The van der Waals surface area contributed by atoms with Crippen molar-refractivity contribution in [1.29, 1.82) is 0 Å². The fourth-order valence-electron chi connectivity index (χ4n) is 5.05. The van der Waals surface area contributed by atoms with Crippen molar-refractivity contribution >= 4 is 35.4 Å². The maximum absolute atomic E-state index is 13.9. The lowest BCUT2D eigenvalue weighted by Crippen LogP contribution is -2.55. The van der Waals surface area contributed by atoms with E-state index in [1.165, 1.54) is 0 Å². The second kappa shape index (κ2) is 18.0. The van der Waals surface area contributed by atoms with Crippen LogP contribution >= 0.6 is 0 Å². The normalized spacial score (nSPS) is 24.6. The summed E-state index contributed by atoms with van der Waals surface area (Å²) in [5.41, 5.74) is -0.571. The van der Waals surface area contributed by atoms with Crippen molar-refractivity contribution in [2.24, 2.45) is 16.8 Å². The number of hydrogen-bond acceptors (Lipinski definition) is 6. The Labute approximate surface area is 261 Å². The Hall–Kier alpha value is -3.96. The summed E-state index contributed by atoms with van der Waals surface area (Å²) in [5.74, 6) is -2.24. The van der Waals surface area contributed by atoms with Crippen LogP contribution in [-0.2, 0) is 24.0 Å². The monoisotopic (exact) mass is 613 g/mol. The molecule has 1 aliphatic rings. The Balaban J connectivity index is 2.40. The van der Waals surface area contributed by atoms with E-state index in [2.05, 4.69) is 36.9 Å². The molecule has 6 N–H and O–H groups in total. The predicted molar refractivity (Wildman–Crippen MR) is 171 cm³/mol. The number of nitrogens with zero attached hydrogens (tertiary/aromatic N) is 1. The van der Waals surface area contributed by atoms with Gasteiger partial charge in [-0.05, 0) is 51.0 Å². The fraction of sp³-hybridized carbons (Fsp3) is 0.625. The van der Waals surface area contributed by atoms with Gasteiger partial charge in [-0.3, -0.25) is 29.0 Å². The third-order valence-electron chi connectivity index (χ3n) is 7.95. The minimum atomic E-state index is -1.19. The standard InChI is InChI=1S/C32H51N7O5/c1-7-24-29(43)38-26(22-14-9-8-10-15-22)30(44)35-18-12-11-17-32(4,39-27(41)21(2)3)25(40)20-23(28(42)37-24)16-13-19-36-31(33-5)34-6/h8-10,14-15,21,23-24,26H,7,11-13,16-20H2,1-6H3,(H,35,44)(H,37,42)(H,38,43)(H,39,41)(H2,33,34,36)/t23-,24+,26-,32-/m1/s1. The van der Waals surface area contributed by atoms with Crippen molar-refractivity contribution in [3.8, 4) is 0 Å². The van der Waals surface area contributed by atoms with Gasteiger partial charge >= 0.3 is 0 Å². The first-order valence-corrected chi connectivity index (χ1v) is 15.6. The minimum absolute atomic E-state index is 0.0944. The number of carbonyl (C=O) groups excluding carboxylic acids is 5. The third kappa shape index (κ3) is 10.9. The number of amides is 4. The molecule has 0 bridgehead atoms. The van der Waals surface area contributed by atoms with Crippen molar-refractivity contribution in [2.75, 3.05) is 27.2 Å². The zero-order chi connectivity index (χ0) is 32.7. The van der Waals surface area contributed by atoms with E-state index in [1.807, 2.05) is 6.07 Å². The summed E-state index contributed by atoms with van der Waals surface area (Å²) < 4.78 is 0. The van der Waals surface area contributed by atoms with E-state index in [0.29, 0.717) is 56.7 Å². The number of ketones is 1. The van der Waals surface area contributed by atoms with Crippen LogP contribution in [0.25, 0.3) is 0 Å². The summed E-state index contributed by atoms with van der Waals surface area (Å²) in [7, 11) is 3.40. The van der Waals surface area contributed by atoms with E-state index in [-0.39, 0.29) is 36.4 Å². The lowest BCUT2D eigenvalue weighted by molar-refractivity contribution is -0.137. The lowest BCUT2D eigenvalue weighted by Gasteiger charge is -2.32. The molecule has 1 aliphatic heterocycles. The molecule has 1 saturated heterocycles. The van der Waals surface area contributed by atoms with Gasteiger partial charge in [0.1, 0.15) is 12.1 Å². The van der Waals surface area contributed by atoms with Crippen molar-refractivity contribution in [2.45, 2.75) is 90.3 Å².